The average molecular weight is 358 g/mol. The topological polar surface area (TPSA) is 109 Å². The Morgan fingerprint density at radius 3 is 2.81 bits per heavy atom. The summed E-state index contributed by atoms with van der Waals surface area (Å²) in [5, 5.41) is 13.9. The summed E-state index contributed by atoms with van der Waals surface area (Å²) in [6.45, 7) is 0.491. The molecular weight excluding hydrogens is 344 g/mol. The van der Waals surface area contributed by atoms with E-state index in [0.29, 0.717) is 33.9 Å². The minimum atomic E-state index is -0.488. The van der Waals surface area contributed by atoms with Crippen LogP contribution in [0.3, 0.4) is 0 Å². The molecule has 9 heteroatoms. The molecule has 2 aromatic rings. The number of hydrogen-bond acceptors (Lipinski definition) is 7. The van der Waals surface area contributed by atoms with Crippen LogP contribution in [0.2, 0.25) is 0 Å². The number of non-ortho nitro benzene ring substituents is 1. The van der Waals surface area contributed by atoms with E-state index in [1.54, 1.807) is 18.2 Å². The first-order valence-electron chi connectivity index (χ1n) is 7.80. The minimum Gasteiger partial charge on any atom is -0.467 e. The molecule has 1 amide bonds. The molecule has 0 fully saturated rings. The number of fused-ring (bicyclic) bond motifs is 2. The summed E-state index contributed by atoms with van der Waals surface area (Å²) >= 11 is 0. The van der Waals surface area contributed by atoms with Crippen molar-refractivity contribution in [3.63, 3.8) is 0 Å². The van der Waals surface area contributed by atoms with E-state index in [-0.39, 0.29) is 38.3 Å². The van der Waals surface area contributed by atoms with Crippen LogP contribution in [-0.4, -0.2) is 24.4 Å². The first kappa shape index (κ1) is 16.2. The van der Waals surface area contributed by atoms with E-state index in [0.717, 1.165) is 0 Å². The fourth-order valence-corrected chi connectivity index (χ4v) is 2.83. The quantitative estimate of drug-likeness (QED) is 0.658. The zero-order valence-electron chi connectivity index (χ0n) is 13.5. The molecule has 0 atom stereocenters. The molecule has 0 aliphatic carbocycles. The lowest BCUT2D eigenvalue weighted by molar-refractivity contribution is -0.385. The molecule has 0 unspecified atom stereocenters. The van der Waals surface area contributed by atoms with Gasteiger partial charge >= 0.3 is 0 Å². The van der Waals surface area contributed by atoms with Gasteiger partial charge in [0.1, 0.15) is 5.75 Å². The fraction of sp³-hybridized carbons (Fsp3) is 0.235. The maximum absolute atomic E-state index is 12.4. The molecule has 2 aliphatic heterocycles. The highest BCUT2D eigenvalue weighted by molar-refractivity contribution is 5.94. The number of hydrogen-bond donors (Lipinski definition) is 1. The Hall–Kier alpha value is -3.33. The summed E-state index contributed by atoms with van der Waals surface area (Å²) in [5.41, 5.74) is 1.42. The highest BCUT2D eigenvalue weighted by Crippen LogP contribution is 2.34. The van der Waals surface area contributed by atoms with Gasteiger partial charge in [-0.25, -0.2) is 0 Å². The van der Waals surface area contributed by atoms with Gasteiger partial charge in [-0.3, -0.25) is 14.9 Å². The first-order chi connectivity index (χ1) is 12.6. The van der Waals surface area contributed by atoms with Crippen LogP contribution in [0.1, 0.15) is 21.5 Å². The van der Waals surface area contributed by atoms with Crippen molar-refractivity contribution >= 4 is 11.6 Å². The molecule has 0 spiro atoms. The van der Waals surface area contributed by atoms with E-state index in [1.807, 2.05) is 0 Å². The Morgan fingerprint density at radius 2 is 1.96 bits per heavy atom. The second kappa shape index (κ2) is 6.52. The maximum Gasteiger partial charge on any atom is 0.270 e. The van der Waals surface area contributed by atoms with Crippen molar-refractivity contribution in [2.24, 2.45) is 0 Å². The van der Waals surface area contributed by atoms with Gasteiger partial charge in [0, 0.05) is 35.4 Å². The van der Waals surface area contributed by atoms with Gasteiger partial charge in [0.25, 0.3) is 11.6 Å². The number of amides is 1. The van der Waals surface area contributed by atoms with Gasteiger partial charge in [-0.2, -0.15) is 0 Å². The molecule has 0 radical (unpaired) electrons. The Kier molecular flexibility index (Phi) is 4.05. The number of nitrogens with zero attached hydrogens (tertiary/aromatic N) is 1. The predicted octanol–water partition coefficient (Wildman–Crippen LogP) is 2.12. The zero-order chi connectivity index (χ0) is 18.1. The zero-order valence-corrected chi connectivity index (χ0v) is 13.5. The molecular formula is C17H14N2O7. The van der Waals surface area contributed by atoms with Crippen molar-refractivity contribution in [1.29, 1.82) is 0 Å². The summed E-state index contributed by atoms with van der Waals surface area (Å²) in [7, 11) is 0. The number of rotatable bonds is 4. The van der Waals surface area contributed by atoms with E-state index in [1.165, 1.54) is 12.1 Å². The molecule has 4 rings (SSSR count). The largest absolute Gasteiger partial charge is 0.467 e. The van der Waals surface area contributed by atoms with Crippen LogP contribution >= 0.6 is 0 Å². The van der Waals surface area contributed by atoms with Gasteiger partial charge in [0.15, 0.2) is 18.3 Å². The Labute approximate surface area is 147 Å². The van der Waals surface area contributed by atoms with Crippen LogP contribution in [0.25, 0.3) is 0 Å². The van der Waals surface area contributed by atoms with E-state index in [9.17, 15) is 14.9 Å². The number of nitrogens with one attached hydrogen (secondary N) is 1. The minimum absolute atomic E-state index is 0.0634. The molecule has 2 heterocycles. The second-order valence-corrected chi connectivity index (χ2v) is 5.71. The second-order valence-electron chi connectivity index (χ2n) is 5.71. The SMILES string of the molecule is O=C(NCc1cc([N+](=O)[O-])cc2c1OCOC2)c1ccc2c(c1)OCO2. The molecule has 9 nitrogen and oxygen atoms in total. The van der Waals surface area contributed by atoms with Crippen LogP contribution < -0.4 is 19.5 Å². The summed E-state index contributed by atoms with van der Waals surface area (Å²) < 4.78 is 21.1. The number of nitro groups is 1. The van der Waals surface area contributed by atoms with Gasteiger partial charge in [-0.15, -0.1) is 0 Å². The number of ether oxygens (including phenoxy) is 4. The molecule has 26 heavy (non-hydrogen) atoms. The van der Waals surface area contributed by atoms with E-state index in [2.05, 4.69) is 5.32 Å². The van der Waals surface area contributed by atoms with Crippen LogP contribution in [0.15, 0.2) is 30.3 Å². The molecule has 2 aliphatic rings. The standard InChI is InChI=1S/C17H14N2O7/c20-17(10-1-2-14-15(5-10)25-9-24-14)18-6-11-3-13(19(21)22)4-12-7-23-8-26-16(11)12/h1-5H,6-9H2,(H,18,20). The highest BCUT2D eigenvalue weighted by atomic mass is 16.7. The molecule has 0 bridgehead atoms. The third kappa shape index (κ3) is 3.00. The molecule has 134 valence electrons. The maximum atomic E-state index is 12.4. The molecule has 2 aromatic carbocycles. The van der Waals surface area contributed by atoms with Gasteiger partial charge in [0.2, 0.25) is 6.79 Å². The van der Waals surface area contributed by atoms with Gasteiger partial charge in [0.05, 0.1) is 11.5 Å². The Balaban J connectivity index is 1.54. The van der Waals surface area contributed by atoms with Crippen LogP contribution in [0, 0.1) is 10.1 Å². The predicted molar refractivity (Wildman–Crippen MR) is 87.1 cm³/mol. The molecule has 0 aromatic heterocycles. The Bertz CT molecular complexity index is 897. The van der Waals surface area contributed by atoms with Crippen molar-refractivity contribution in [3.8, 4) is 17.2 Å². The van der Waals surface area contributed by atoms with Crippen molar-refractivity contribution in [3.05, 3.63) is 57.1 Å². The summed E-state index contributed by atoms with van der Waals surface area (Å²) in [6, 6.07) is 7.68. The molecule has 0 saturated heterocycles. The molecule has 1 N–H and O–H groups in total. The highest BCUT2D eigenvalue weighted by Gasteiger charge is 2.22. The smallest absolute Gasteiger partial charge is 0.270 e. The summed E-state index contributed by atoms with van der Waals surface area (Å²) in [6.07, 6.45) is 0. The lowest BCUT2D eigenvalue weighted by atomic mass is 10.1. The summed E-state index contributed by atoms with van der Waals surface area (Å²) in [4.78, 5) is 23.0. The number of carbonyl (C=O) groups is 1. The Morgan fingerprint density at radius 1 is 1.12 bits per heavy atom. The van der Waals surface area contributed by atoms with E-state index >= 15 is 0 Å². The van der Waals surface area contributed by atoms with Crippen molar-refractivity contribution < 1.29 is 28.7 Å². The number of carbonyl (C=O) groups excluding carboxylic acids is 1. The van der Waals surface area contributed by atoms with Crippen LogP contribution in [0.4, 0.5) is 5.69 Å². The fourth-order valence-electron chi connectivity index (χ4n) is 2.83. The van der Waals surface area contributed by atoms with Crippen molar-refractivity contribution in [1.82, 2.24) is 5.32 Å². The number of nitro benzene ring substituents is 1. The van der Waals surface area contributed by atoms with Crippen LogP contribution in [-0.2, 0) is 17.9 Å². The third-order valence-corrected chi connectivity index (χ3v) is 4.06. The first-order valence-corrected chi connectivity index (χ1v) is 7.80. The lowest BCUT2D eigenvalue weighted by Gasteiger charge is -2.20. The normalized spacial score (nSPS) is 14.3. The number of benzene rings is 2. The third-order valence-electron chi connectivity index (χ3n) is 4.06. The summed E-state index contributed by atoms with van der Waals surface area (Å²) in [5.74, 6) is 1.26. The lowest BCUT2D eigenvalue weighted by Crippen LogP contribution is -2.24. The monoisotopic (exact) mass is 358 g/mol. The van der Waals surface area contributed by atoms with Crippen LogP contribution in [0.5, 0.6) is 17.2 Å². The van der Waals surface area contributed by atoms with E-state index < -0.39 is 4.92 Å². The van der Waals surface area contributed by atoms with Gasteiger partial charge in [-0.05, 0) is 18.2 Å². The van der Waals surface area contributed by atoms with Gasteiger partial charge in [-0.1, -0.05) is 0 Å². The van der Waals surface area contributed by atoms with Gasteiger partial charge < -0.3 is 24.3 Å². The van der Waals surface area contributed by atoms with Crippen molar-refractivity contribution in [2.75, 3.05) is 13.6 Å². The average Bonchev–Trinajstić information content (AvgIpc) is 3.13. The molecule has 0 saturated carbocycles. The van der Waals surface area contributed by atoms with Crippen molar-refractivity contribution in [2.45, 2.75) is 13.2 Å². The van der Waals surface area contributed by atoms with E-state index in [4.69, 9.17) is 18.9 Å².